The summed E-state index contributed by atoms with van der Waals surface area (Å²) in [6, 6.07) is -0.184. The largest absolute Gasteiger partial charge is 0.388 e. The Kier molecular flexibility index (Phi) is 5.45. The van der Waals surface area contributed by atoms with Crippen molar-refractivity contribution in [2.24, 2.45) is 0 Å². The Bertz CT molecular complexity index is 284. The maximum absolute atomic E-state index is 11.6. The fourth-order valence-electron chi connectivity index (χ4n) is 2.90. The molecular weight excluding hydrogens is 244 g/mol. The molecule has 2 aliphatic rings. The lowest BCUT2D eigenvalue weighted by molar-refractivity contribution is 0.0119. The van der Waals surface area contributed by atoms with E-state index in [2.05, 4.69) is 10.6 Å². The van der Waals surface area contributed by atoms with Crippen LogP contribution in [0.15, 0.2) is 0 Å². The van der Waals surface area contributed by atoms with Crippen molar-refractivity contribution in [3.63, 3.8) is 0 Å². The van der Waals surface area contributed by atoms with Crippen LogP contribution >= 0.6 is 0 Å². The number of carbonyl (C=O) groups is 1. The predicted molar refractivity (Wildman–Crippen MR) is 73.0 cm³/mol. The molecule has 5 nitrogen and oxygen atoms in total. The topological polar surface area (TPSA) is 70.6 Å². The summed E-state index contributed by atoms with van der Waals surface area (Å²) < 4.78 is 5.61. The highest BCUT2D eigenvalue weighted by atomic mass is 16.5. The molecule has 0 bridgehead atoms. The fraction of sp³-hybridized carbons (Fsp3) is 0.929. The summed E-state index contributed by atoms with van der Waals surface area (Å²) in [5.41, 5.74) is -0.677. The third-order valence-corrected chi connectivity index (χ3v) is 4.14. The number of rotatable bonds is 5. The number of hydrogen-bond acceptors (Lipinski definition) is 3. The van der Waals surface area contributed by atoms with E-state index in [1.165, 1.54) is 6.42 Å². The molecule has 1 saturated carbocycles. The second-order valence-electron chi connectivity index (χ2n) is 5.82. The molecule has 1 saturated heterocycles. The van der Waals surface area contributed by atoms with Crippen LogP contribution in [0.5, 0.6) is 0 Å². The van der Waals surface area contributed by atoms with Gasteiger partial charge in [0.1, 0.15) is 0 Å². The van der Waals surface area contributed by atoms with Crippen LogP contribution in [0.25, 0.3) is 0 Å². The molecule has 0 aromatic rings. The maximum Gasteiger partial charge on any atom is 0.314 e. The van der Waals surface area contributed by atoms with Crippen molar-refractivity contribution < 1.29 is 14.6 Å². The van der Waals surface area contributed by atoms with E-state index < -0.39 is 5.60 Å². The minimum Gasteiger partial charge on any atom is -0.388 e. The van der Waals surface area contributed by atoms with E-state index in [0.29, 0.717) is 19.2 Å². The predicted octanol–water partition coefficient (Wildman–Crippen LogP) is 1.55. The Morgan fingerprint density at radius 2 is 2.00 bits per heavy atom. The van der Waals surface area contributed by atoms with E-state index in [-0.39, 0.29) is 6.03 Å². The third kappa shape index (κ3) is 4.99. The van der Waals surface area contributed by atoms with Crippen molar-refractivity contribution in [1.29, 1.82) is 0 Å². The quantitative estimate of drug-likeness (QED) is 0.710. The first-order chi connectivity index (χ1) is 9.18. The van der Waals surface area contributed by atoms with Crippen molar-refractivity contribution >= 4 is 6.03 Å². The average molecular weight is 270 g/mol. The molecule has 1 heterocycles. The minimum atomic E-state index is -0.677. The zero-order chi connectivity index (χ0) is 13.6. The first kappa shape index (κ1) is 14.6. The Balaban J connectivity index is 1.54. The van der Waals surface area contributed by atoms with Gasteiger partial charge in [0, 0.05) is 19.7 Å². The smallest absolute Gasteiger partial charge is 0.314 e. The highest BCUT2D eigenvalue weighted by Gasteiger charge is 2.31. The third-order valence-electron chi connectivity index (χ3n) is 4.14. The van der Waals surface area contributed by atoms with E-state index in [4.69, 9.17) is 4.74 Å². The van der Waals surface area contributed by atoms with Crippen LogP contribution in [-0.4, -0.2) is 42.5 Å². The zero-order valence-corrected chi connectivity index (χ0v) is 11.6. The highest BCUT2D eigenvalue weighted by Crippen LogP contribution is 2.28. The number of urea groups is 1. The van der Waals surface area contributed by atoms with E-state index in [0.717, 1.165) is 51.6 Å². The van der Waals surface area contributed by atoms with Gasteiger partial charge in [-0.3, -0.25) is 0 Å². The number of aliphatic hydroxyl groups is 1. The lowest BCUT2D eigenvalue weighted by Gasteiger charge is -2.24. The number of ether oxygens (including phenoxy) is 1. The molecule has 0 aromatic heterocycles. The Labute approximate surface area is 115 Å². The molecule has 2 fully saturated rings. The second kappa shape index (κ2) is 7.10. The molecule has 19 heavy (non-hydrogen) atoms. The van der Waals surface area contributed by atoms with Gasteiger partial charge in [0.2, 0.25) is 0 Å². The molecule has 2 amide bonds. The molecule has 3 N–H and O–H groups in total. The summed E-state index contributed by atoms with van der Waals surface area (Å²) in [5, 5.41) is 15.7. The van der Waals surface area contributed by atoms with Gasteiger partial charge < -0.3 is 20.5 Å². The van der Waals surface area contributed by atoms with Crippen molar-refractivity contribution in [3.05, 3.63) is 0 Å². The van der Waals surface area contributed by atoms with Crippen LogP contribution in [0.3, 0.4) is 0 Å². The normalized spacial score (nSPS) is 26.1. The Hall–Kier alpha value is -0.810. The summed E-state index contributed by atoms with van der Waals surface area (Å²) in [5.74, 6) is 0. The van der Waals surface area contributed by atoms with Gasteiger partial charge in [-0.15, -0.1) is 0 Å². The standard InChI is InChI=1S/C14H26N2O3/c17-13(16-11-14(18)7-2-3-8-14)15-9-6-12-5-1-4-10-19-12/h12,18H,1-11H2,(H2,15,16,17). The van der Waals surface area contributed by atoms with E-state index in [1.807, 2.05) is 0 Å². The van der Waals surface area contributed by atoms with E-state index >= 15 is 0 Å². The Morgan fingerprint density at radius 3 is 2.68 bits per heavy atom. The number of nitrogens with one attached hydrogen (secondary N) is 2. The lowest BCUT2D eigenvalue weighted by Crippen LogP contribution is -2.45. The first-order valence-corrected chi connectivity index (χ1v) is 7.54. The maximum atomic E-state index is 11.6. The SMILES string of the molecule is O=C(NCCC1CCCCO1)NCC1(O)CCCC1. The van der Waals surface area contributed by atoms with Crippen molar-refractivity contribution in [2.45, 2.75) is 63.1 Å². The first-order valence-electron chi connectivity index (χ1n) is 7.54. The van der Waals surface area contributed by atoms with Gasteiger partial charge in [0.05, 0.1) is 11.7 Å². The zero-order valence-electron chi connectivity index (χ0n) is 11.6. The second-order valence-corrected chi connectivity index (χ2v) is 5.82. The molecule has 110 valence electrons. The van der Waals surface area contributed by atoms with Gasteiger partial charge in [-0.2, -0.15) is 0 Å². The van der Waals surface area contributed by atoms with Crippen LogP contribution in [0.2, 0.25) is 0 Å². The van der Waals surface area contributed by atoms with Crippen molar-refractivity contribution in [2.75, 3.05) is 19.7 Å². The number of carbonyl (C=O) groups excluding carboxylic acids is 1. The minimum absolute atomic E-state index is 0.184. The summed E-state index contributed by atoms with van der Waals surface area (Å²) >= 11 is 0. The van der Waals surface area contributed by atoms with Gasteiger partial charge in [0.15, 0.2) is 0 Å². The van der Waals surface area contributed by atoms with Crippen LogP contribution in [0.1, 0.15) is 51.4 Å². The van der Waals surface area contributed by atoms with Gasteiger partial charge in [-0.1, -0.05) is 12.8 Å². The summed E-state index contributed by atoms with van der Waals surface area (Å²) in [6.07, 6.45) is 8.35. The van der Waals surface area contributed by atoms with Crippen LogP contribution < -0.4 is 10.6 Å². The molecule has 1 atom stereocenters. The van der Waals surface area contributed by atoms with Crippen LogP contribution in [-0.2, 0) is 4.74 Å². The molecule has 0 spiro atoms. The molecule has 2 rings (SSSR count). The van der Waals surface area contributed by atoms with Crippen molar-refractivity contribution in [1.82, 2.24) is 10.6 Å². The van der Waals surface area contributed by atoms with E-state index in [9.17, 15) is 9.90 Å². The van der Waals surface area contributed by atoms with Gasteiger partial charge in [0.25, 0.3) is 0 Å². The molecule has 0 aromatic carbocycles. The summed E-state index contributed by atoms with van der Waals surface area (Å²) in [4.78, 5) is 11.6. The van der Waals surface area contributed by atoms with Gasteiger partial charge >= 0.3 is 6.03 Å². The summed E-state index contributed by atoms with van der Waals surface area (Å²) in [6.45, 7) is 1.84. The fourth-order valence-corrected chi connectivity index (χ4v) is 2.90. The summed E-state index contributed by atoms with van der Waals surface area (Å²) in [7, 11) is 0. The van der Waals surface area contributed by atoms with Gasteiger partial charge in [-0.05, 0) is 38.5 Å². The molecule has 1 aliphatic carbocycles. The average Bonchev–Trinajstić information content (AvgIpc) is 2.85. The van der Waals surface area contributed by atoms with Crippen molar-refractivity contribution in [3.8, 4) is 0 Å². The monoisotopic (exact) mass is 270 g/mol. The highest BCUT2D eigenvalue weighted by molar-refractivity contribution is 5.73. The van der Waals surface area contributed by atoms with Gasteiger partial charge in [-0.25, -0.2) is 4.79 Å². The van der Waals surface area contributed by atoms with E-state index in [1.54, 1.807) is 0 Å². The molecule has 0 radical (unpaired) electrons. The number of amides is 2. The van der Waals surface area contributed by atoms with Crippen LogP contribution in [0, 0.1) is 0 Å². The Morgan fingerprint density at radius 1 is 1.21 bits per heavy atom. The number of hydrogen-bond donors (Lipinski definition) is 3. The van der Waals surface area contributed by atoms with Crippen LogP contribution in [0.4, 0.5) is 4.79 Å². The lowest BCUT2D eigenvalue weighted by atomic mass is 10.0. The molecule has 1 unspecified atom stereocenters. The molecule has 5 heteroatoms. The molecule has 1 aliphatic heterocycles. The molecular formula is C14H26N2O3.